The molecule has 0 aliphatic carbocycles. The van der Waals surface area contributed by atoms with Gasteiger partial charge >= 0.3 is 0 Å². The molecule has 36 heteroatoms. The summed E-state index contributed by atoms with van der Waals surface area (Å²) in [5.41, 5.74) is 0. The molecule has 0 aromatic carbocycles. The molecule has 17 atom stereocenters. The third-order valence-electron chi connectivity index (χ3n) is 13.9. The molecule has 7 amide bonds. The smallest absolute Gasteiger partial charge is 0.242 e. The lowest BCUT2D eigenvalue weighted by Crippen LogP contribution is -2.64. The van der Waals surface area contributed by atoms with Crippen molar-refractivity contribution in [3.8, 4) is 0 Å². The number of carbonyl (C=O) groups excluding carboxylic acids is 7. The number of aliphatic hydroxyl groups excluding tert-OH is 9. The van der Waals surface area contributed by atoms with Crippen molar-refractivity contribution >= 4 is 41.4 Å². The molecular weight excluding hydrogens is 1220 g/mol. The average molecular weight is 1320 g/mol. The Morgan fingerprint density at radius 3 is 1.02 bits per heavy atom. The Hall–Kier alpha value is -4.59. The normalized spacial score (nSPS) is 27.3. The highest BCUT2D eigenvalue weighted by Gasteiger charge is 2.48. The van der Waals surface area contributed by atoms with Crippen molar-refractivity contribution in [2.45, 2.75) is 170 Å². The minimum atomic E-state index is -1.47. The number of aliphatic hydroxyl groups is 9. The Morgan fingerprint density at radius 1 is 0.396 bits per heavy atom. The van der Waals surface area contributed by atoms with E-state index in [1.165, 1.54) is 20.8 Å². The summed E-state index contributed by atoms with van der Waals surface area (Å²) in [6, 6.07) is -5.48. The van der Waals surface area contributed by atoms with Gasteiger partial charge in [0, 0.05) is 59.3 Å². The van der Waals surface area contributed by atoms with E-state index in [4.69, 9.17) is 56.8 Å². The molecule has 0 radical (unpaired) electrons. The molecule has 0 aromatic heterocycles. The van der Waals surface area contributed by atoms with Crippen molar-refractivity contribution in [3.63, 3.8) is 0 Å². The van der Waals surface area contributed by atoms with Crippen LogP contribution < -0.4 is 42.5 Å². The van der Waals surface area contributed by atoms with Gasteiger partial charge < -0.3 is 145 Å². The lowest BCUT2D eigenvalue weighted by atomic mass is 9.97. The predicted molar refractivity (Wildman–Crippen MR) is 310 cm³/mol. The van der Waals surface area contributed by atoms with E-state index in [-0.39, 0.29) is 150 Å². The molecule has 0 saturated carbocycles. The summed E-state index contributed by atoms with van der Waals surface area (Å²) in [5, 5.41) is 112. The predicted octanol–water partition coefficient (Wildman–Crippen LogP) is -9.27. The topological polar surface area (TPSA) is 509 Å². The van der Waals surface area contributed by atoms with Crippen LogP contribution in [0.4, 0.5) is 0 Å². The molecule has 0 bridgehead atoms. The SMILES string of the molecule is CC(=O)N[C@H]1[C@H](OCCOCCOCCNC(=O)CCC(NC(=O)CCC(NC(C)C)C(=O)NCCOCCOCCO[C@@H]2O[C@H](CO)[C@H](O)[C@H](O)[C@H]2NC(C)=O)C(=O)NCCOCCOCCO[C@@H]2O[C@H](CO)[C@H](O)[C@H](O)[C@H]2NC(C)=O)O[C@H](CO)[C@H](O)[C@@H]1O. The summed E-state index contributed by atoms with van der Waals surface area (Å²) in [6.45, 7) is 6.73. The van der Waals surface area contributed by atoms with Gasteiger partial charge in [0.05, 0.1) is 125 Å². The molecule has 3 heterocycles. The Labute approximate surface area is 527 Å². The van der Waals surface area contributed by atoms with Crippen LogP contribution in [0.15, 0.2) is 0 Å². The Kier molecular flexibility index (Phi) is 40.5. The van der Waals surface area contributed by atoms with Crippen LogP contribution in [-0.2, 0) is 90.4 Å². The zero-order valence-corrected chi connectivity index (χ0v) is 52.4. The first-order chi connectivity index (χ1) is 43.5. The van der Waals surface area contributed by atoms with Gasteiger partial charge in [0.1, 0.15) is 79.1 Å². The first kappa shape index (κ1) is 80.6. The van der Waals surface area contributed by atoms with E-state index in [2.05, 4.69) is 42.5 Å². The molecule has 36 nitrogen and oxygen atoms in total. The average Bonchev–Trinajstić information content (AvgIpc) is 1.15. The van der Waals surface area contributed by atoms with Crippen LogP contribution >= 0.6 is 0 Å². The highest BCUT2D eigenvalue weighted by atomic mass is 16.7. The van der Waals surface area contributed by atoms with Gasteiger partial charge in [0.2, 0.25) is 41.4 Å². The Balaban J connectivity index is 1.42. The number of rotatable bonds is 47. The van der Waals surface area contributed by atoms with Crippen LogP contribution in [0.5, 0.6) is 0 Å². The lowest BCUT2D eigenvalue weighted by Gasteiger charge is -2.42. The maximum Gasteiger partial charge on any atom is 0.242 e. The van der Waals surface area contributed by atoms with E-state index in [0.717, 1.165) is 0 Å². The van der Waals surface area contributed by atoms with Gasteiger partial charge in [-0.05, 0) is 12.8 Å². The van der Waals surface area contributed by atoms with Gasteiger partial charge in [-0.1, -0.05) is 13.8 Å². The second-order valence-corrected chi connectivity index (χ2v) is 21.6. The third-order valence-corrected chi connectivity index (χ3v) is 13.9. The maximum absolute atomic E-state index is 13.5. The first-order valence-corrected chi connectivity index (χ1v) is 30.4. The number of ether oxygens (including phenoxy) is 12. The molecule has 3 aliphatic heterocycles. The molecule has 3 aliphatic rings. The van der Waals surface area contributed by atoms with Gasteiger partial charge in [0.25, 0.3) is 0 Å². The summed E-state index contributed by atoms with van der Waals surface area (Å²) in [6.07, 6.45) is -16.2. The molecule has 2 unspecified atom stereocenters. The minimum Gasteiger partial charge on any atom is -0.394 e. The second-order valence-electron chi connectivity index (χ2n) is 21.6. The largest absolute Gasteiger partial charge is 0.394 e. The van der Waals surface area contributed by atoms with Crippen LogP contribution in [0, 0.1) is 0 Å². The van der Waals surface area contributed by atoms with Crippen molar-refractivity contribution in [1.82, 2.24) is 42.5 Å². The Bertz CT molecular complexity index is 2100. The van der Waals surface area contributed by atoms with Crippen molar-refractivity contribution in [2.24, 2.45) is 0 Å². The fourth-order valence-electron chi connectivity index (χ4n) is 9.34. The number of amides is 7. The quantitative estimate of drug-likeness (QED) is 0.0252. The van der Waals surface area contributed by atoms with Crippen molar-refractivity contribution in [3.05, 3.63) is 0 Å². The van der Waals surface area contributed by atoms with Crippen LogP contribution in [0.3, 0.4) is 0 Å². The molecule has 3 saturated heterocycles. The molecule has 17 N–H and O–H groups in total. The zero-order chi connectivity index (χ0) is 67.3. The molecule has 3 fully saturated rings. The van der Waals surface area contributed by atoms with E-state index in [9.17, 15) is 79.5 Å². The van der Waals surface area contributed by atoms with E-state index in [1.54, 1.807) is 0 Å². The van der Waals surface area contributed by atoms with Crippen LogP contribution in [0.25, 0.3) is 0 Å². The summed E-state index contributed by atoms with van der Waals surface area (Å²) >= 11 is 0. The number of carbonyl (C=O) groups is 7. The fourth-order valence-corrected chi connectivity index (χ4v) is 9.34. The third kappa shape index (κ3) is 31.0. The first-order valence-electron chi connectivity index (χ1n) is 30.4. The molecule has 0 aromatic rings. The summed E-state index contributed by atoms with van der Waals surface area (Å²) in [5.74, 6) is -3.54. The van der Waals surface area contributed by atoms with Crippen molar-refractivity contribution < 1.29 is 136 Å². The summed E-state index contributed by atoms with van der Waals surface area (Å²) in [4.78, 5) is 88.2. The Morgan fingerprint density at radius 2 is 0.692 bits per heavy atom. The summed E-state index contributed by atoms with van der Waals surface area (Å²) < 4.78 is 66.6. The molecular formula is C55H100N8O28. The van der Waals surface area contributed by atoms with Gasteiger partial charge in [-0.25, -0.2) is 0 Å². The highest BCUT2D eigenvalue weighted by molar-refractivity contribution is 5.89. The second kappa shape index (κ2) is 45.7. The maximum atomic E-state index is 13.5. The van der Waals surface area contributed by atoms with Crippen LogP contribution in [0.2, 0.25) is 0 Å². The van der Waals surface area contributed by atoms with Gasteiger partial charge in [-0.3, -0.25) is 33.6 Å². The lowest BCUT2D eigenvalue weighted by molar-refractivity contribution is -0.272. The van der Waals surface area contributed by atoms with Gasteiger partial charge in [-0.15, -0.1) is 0 Å². The monoisotopic (exact) mass is 1320 g/mol. The zero-order valence-electron chi connectivity index (χ0n) is 52.4. The van der Waals surface area contributed by atoms with E-state index in [1.807, 2.05) is 13.8 Å². The standard InChI is InChI=1S/C55H100N8O28/c1-31(2)59-35(51(78)57-11-14-81-17-20-84-23-26-87-54-43(61-33(4)68)49(76)46(73)38(29-65)90-54)7-9-41(71)63-36(52(79)58-12-15-82-18-21-85-24-27-88-55-44(62-34(5)69)50(77)47(74)39(30-66)91-55)6-8-40(70)56-10-13-80-16-19-83-22-25-86-53-42(60-32(3)67)48(75)45(72)37(28-64)89-53/h31,35-39,42-50,53-55,59,64-66,72-77H,6-30H2,1-5H3,(H,56,70)(H,57,78)(H,58,79)(H,60,67)(H,61,68)(H,62,69)(H,63,71)/t35?,36?,37-,38-,39-,42-,43-,44-,45+,46+,47+,48-,49-,50-,53-,54-,55-/m1/s1. The van der Waals surface area contributed by atoms with E-state index >= 15 is 0 Å². The minimum absolute atomic E-state index is 0.00399. The molecule has 0 spiro atoms. The highest BCUT2D eigenvalue weighted by Crippen LogP contribution is 2.25. The van der Waals surface area contributed by atoms with E-state index < -0.39 is 165 Å². The van der Waals surface area contributed by atoms with Crippen molar-refractivity contribution in [1.29, 1.82) is 0 Å². The summed E-state index contributed by atoms with van der Waals surface area (Å²) in [7, 11) is 0. The molecule has 3 rings (SSSR count). The number of nitrogens with one attached hydrogen (secondary N) is 8. The van der Waals surface area contributed by atoms with E-state index in [0.29, 0.717) is 0 Å². The molecule has 91 heavy (non-hydrogen) atoms. The fraction of sp³-hybridized carbons (Fsp3) is 0.873. The van der Waals surface area contributed by atoms with Gasteiger partial charge in [-0.2, -0.15) is 0 Å². The number of hydrogen-bond acceptors (Lipinski definition) is 29. The van der Waals surface area contributed by atoms with Crippen LogP contribution in [0.1, 0.15) is 60.3 Å². The number of hydrogen-bond donors (Lipinski definition) is 17. The van der Waals surface area contributed by atoms with Crippen molar-refractivity contribution in [2.75, 3.05) is 139 Å². The van der Waals surface area contributed by atoms with Crippen LogP contribution in [-0.4, -0.2) is 336 Å². The van der Waals surface area contributed by atoms with Gasteiger partial charge in [0.15, 0.2) is 18.9 Å². The molecule has 528 valence electrons.